The molecule has 132 valence electrons. The Balaban J connectivity index is 1.35. The number of para-hydroxylation sites is 1. The van der Waals surface area contributed by atoms with Gasteiger partial charge in [0.1, 0.15) is 0 Å². The second-order valence-electron chi connectivity index (χ2n) is 6.63. The van der Waals surface area contributed by atoms with E-state index in [-0.39, 0.29) is 6.03 Å². The first-order valence-corrected chi connectivity index (χ1v) is 9.17. The van der Waals surface area contributed by atoms with Gasteiger partial charge in [-0.25, -0.2) is 4.79 Å². The normalized spacial score (nSPS) is 13.3. The van der Waals surface area contributed by atoms with Gasteiger partial charge in [-0.2, -0.15) is 0 Å². The quantitative estimate of drug-likeness (QED) is 0.735. The van der Waals surface area contributed by atoms with E-state index in [4.69, 9.17) is 0 Å². The highest BCUT2D eigenvalue weighted by Crippen LogP contribution is 2.26. The van der Waals surface area contributed by atoms with E-state index in [0.717, 1.165) is 36.0 Å². The predicted octanol–water partition coefficient (Wildman–Crippen LogP) is 4.41. The summed E-state index contributed by atoms with van der Waals surface area (Å²) in [6.45, 7) is 2.48. The van der Waals surface area contributed by atoms with E-state index in [9.17, 15) is 4.79 Å². The van der Waals surface area contributed by atoms with E-state index in [1.54, 1.807) is 0 Å². The number of carbonyl (C=O) groups excluding carboxylic acids is 1. The maximum atomic E-state index is 12.3. The zero-order chi connectivity index (χ0) is 17.8. The lowest BCUT2D eigenvalue weighted by Crippen LogP contribution is -2.39. The largest absolute Gasteiger partial charge is 0.370 e. The third-order valence-corrected chi connectivity index (χ3v) is 4.91. The van der Waals surface area contributed by atoms with Gasteiger partial charge in [0, 0.05) is 30.7 Å². The number of nitrogens with one attached hydrogen (secondary N) is 2. The summed E-state index contributed by atoms with van der Waals surface area (Å²) in [5, 5.41) is 8.13. The fraction of sp³-hybridized carbons (Fsp3) is 0.227. The highest BCUT2D eigenvalue weighted by Gasteiger charge is 2.15. The number of rotatable bonds is 4. The van der Waals surface area contributed by atoms with E-state index in [0.29, 0.717) is 6.54 Å². The summed E-state index contributed by atoms with van der Waals surface area (Å²) in [7, 11) is 0. The molecule has 1 heterocycles. The molecule has 1 aliphatic heterocycles. The molecule has 26 heavy (non-hydrogen) atoms. The molecular weight excluding hydrogens is 322 g/mol. The second kappa shape index (κ2) is 7.48. The van der Waals surface area contributed by atoms with Crippen molar-refractivity contribution in [2.75, 3.05) is 29.9 Å². The highest BCUT2D eigenvalue weighted by molar-refractivity contribution is 6.01. The number of fused-ring (bicyclic) bond motifs is 2. The Kier molecular flexibility index (Phi) is 4.73. The van der Waals surface area contributed by atoms with Crippen LogP contribution in [0.1, 0.15) is 12.0 Å². The molecule has 2 N–H and O–H groups in total. The number of nitrogens with zero attached hydrogens (tertiary/aromatic N) is 1. The highest BCUT2D eigenvalue weighted by atomic mass is 16.2. The van der Waals surface area contributed by atoms with Crippen LogP contribution in [0.5, 0.6) is 0 Å². The zero-order valence-corrected chi connectivity index (χ0v) is 14.7. The van der Waals surface area contributed by atoms with Crippen LogP contribution < -0.4 is 15.5 Å². The number of carbonyl (C=O) groups is 1. The number of anilines is 2. The third kappa shape index (κ3) is 3.49. The van der Waals surface area contributed by atoms with Crippen LogP contribution >= 0.6 is 0 Å². The van der Waals surface area contributed by atoms with Gasteiger partial charge in [-0.3, -0.25) is 0 Å². The molecule has 2 amide bonds. The Hall–Kier alpha value is -3.01. The van der Waals surface area contributed by atoms with E-state index in [2.05, 4.69) is 39.8 Å². The van der Waals surface area contributed by atoms with Gasteiger partial charge in [0.15, 0.2) is 0 Å². The Morgan fingerprint density at radius 3 is 2.73 bits per heavy atom. The fourth-order valence-electron chi connectivity index (χ4n) is 3.65. The van der Waals surface area contributed by atoms with Crippen molar-refractivity contribution in [2.45, 2.75) is 12.8 Å². The van der Waals surface area contributed by atoms with Crippen molar-refractivity contribution in [3.05, 3.63) is 72.3 Å². The standard InChI is InChI=1S/C22H23N3O/c26-22(24-20-12-5-9-17-7-1-3-11-19(17)20)23-14-16-25-15-6-10-18-8-2-4-13-21(18)25/h1-5,7-9,11-13H,6,10,14-16H2,(H2,23,24,26). The SMILES string of the molecule is O=C(NCCN1CCCc2ccccc21)Nc1cccc2ccccc12. The number of aryl methyl sites for hydroxylation is 1. The Morgan fingerprint density at radius 1 is 0.962 bits per heavy atom. The maximum absolute atomic E-state index is 12.3. The number of urea groups is 1. The topological polar surface area (TPSA) is 44.4 Å². The maximum Gasteiger partial charge on any atom is 0.319 e. The summed E-state index contributed by atoms with van der Waals surface area (Å²) >= 11 is 0. The van der Waals surface area contributed by atoms with Crippen LogP contribution in [0.2, 0.25) is 0 Å². The van der Waals surface area contributed by atoms with Crippen LogP contribution in [0.15, 0.2) is 66.7 Å². The Morgan fingerprint density at radius 2 is 1.77 bits per heavy atom. The monoisotopic (exact) mass is 345 g/mol. The number of benzene rings is 3. The molecule has 0 unspecified atom stereocenters. The summed E-state index contributed by atoms with van der Waals surface area (Å²) in [6.07, 6.45) is 2.31. The summed E-state index contributed by atoms with van der Waals surface area (Å²) in [4.78, 5) is 14.7. The fourth-order valence-corrected chi connectivity index (χ4v) is 3.65. The van der Waals surface area contributed by atoms with Crippen molar-refractivity contribution in [2.24, 2.45) is 0 Å². The molecule has 0 aromatic heterocycles. The first kappa shape index (κ1) is 16.5. The molecule has 0 bridgehead atoms. The molecule has 0 saturated heterocycles. The first-order chi connectivity index (χ1) is 12.8. The zero-order valence-electron chi connectivity index (χ0n) is 14.7. The average Bonchev–Trinajstić information content (AvgIpc) is 2.68. The third-order valence-electron chi connectivity index (χ3n) is 4.91. The molecule has 4 nitrogen and oxygen atoms in total. The number of amides is 2. The van der Waals surface area contributed by atoms with Gasteiger partial charge < -0.3 is 15.5 Å². The summed E-state index contributed by atoms with van der Waals surface area (Å²) in [5.74, 6) is 0. The molecule has 4 heteroatoms. The van der Waals surface area contributed by atoms with Crippen molar-refractivity contribution in [3.8, 4) is 0 Å². The molecule has 0 spiro atoms. The van der Waals surface area contributed by atoms with Gasteiger partial charge in [0.05, 0.1) is 5.69 Å². The van der Waals surface area contributed by atoms with Crippen molar-refractivity contribution in [1.29, 1.82) is 0 Å². The van der Waals surface area contributed by atoms with Crippen molar-refractivity contribution >= 4 is 28.2 Å². The lowest BCUT2D eigenvalue weighted by Gasteiger charge is -2.31. The van der Waals surface area contributed by atoms with Crippen LogP contribution in [0.25, 0.3) is 10.8 Å². The van der Waals surface area contributed by atoms with E-state index < -0.39 is 0 Å². The lowest BCUT2D eigenvalue weighted by atomic mass is 10.0. The summed E-state index contributed by atoms with van der Waals surface area (Å²) in [6, 6.07) is 22.4. The second-order valence-corrected chi connectivity index (χ2v) is 6.63. The van der Waals surface area contributed by atoms with Gasteiger partial charge in [-0.05, 0) is 35.9 Å². The van der Waals surface area contributed by atoms with Crippen LogP contribution in [0.4, 0.5) is 16.2 Å². The Bertz CT molecular complexity index is 917. The van der Waals surface area contributed by atoms with Crippen LogP contribution in [-0.2, 0) is 6.42 Å². The van der Waals surface area contributed by atoms with Gasteiger partial charge in [0.2, 0.25) is 0 Å². The molecule has 3 aromatic carbocycles. The molecule has 4 rings (SSSR count). The smallest absolute Gasteiger partial charge is 0.319 e. The van der Waals surface area contributed by atoms with E-state index >= 15 is 0 Å². The van der Waals surface area contributed by atoms with Crippen molar-refractivity contribution in [3.63, 3.8) is 0 Å². The van der Waals surface area contributed by atoms with Crippen LogP contribution in [0, 0.1) is 0 Å². The molecule has 0 saturated carbocycles. The van der Waals surface area contributed by atoms with E-state index in [1.165, 1.54) is 17.7 Å². The van der Waals surface area contributed by atoms with Crippen molar-refractivity contribution < 1.29 is 4.79 Å². The molecule has 0 aliphatic carbocycles. The van der Waals surface area contributed by atoms with Gasteiger partial charge >= 0.3 is 6.03 Å². The molecule has 0 radical (unpaired) electrons. The number of hydrogen-bond donors (Lipinski definition) is 2. The first-order valence-electron chi connectivity index (χ1n) is 9.17. The summed E-state index contributed by atoms with van der Waals surface area (Å²) in [5.41, 5.74) is 3.54. The number of hydrogen-bond acceptors (Lipinski definition) is 2. The predicted molar refractivity (Wildman–Crippen MR) is 108 cm³/mol. The van der Waals surface area contributed by atoms with Gasteiger partial charge in [-0.15, -0.1) is 0 Å². The minimum atomic E-state index is -0.161. The Labute approximate surface area is 153 Å². The van der Waals surface area contributed by atoms with E-state index in [1.807, 2.05) is 42.5 Å². The molecule has 0 fully saturated rings. The molecule has 0 atom stereocenters. The minimum absolute atomic E-state index is 0.161. The minimum Gasteiger partial charge on any atom is -0.370 e. The van der Waals surface area contributed by atoms with Gasteiger partial charge in [-0.1, -0.05) is 54.6 Å². The molecule has 3 aromatic rings. The summed E-state index contributed by atoms with van der Waals surface area (Å²) < 4.78 is 0. The van der Waals surface area contributed by atoms with Gasteiger partial charge in [0.25, 0.3) is 0 Å². The molecular formula is C22H23N3O. The lowest BCUT2D eigenvalue weighted by molar-refractivity contribution is 0.252. The van der Waals surface area contributed by atoms with Crippen LogP contribution in [0.3, 0.4) is 0 Å². The van der Waals surface area contributed by atoms with Crippen LogP contribution in [-0.4, -0.2) is 25.7 Å². The molecule has 1 aliphatic rings. The van der Waals surface area contributed by atoms with Crippen molar-refractivity contribution in [1.82, 2.24) is 5.32 Å². The average molecular weight is 345 g/mol.